The Morgan fingerprint density at radius 1 is 1.09 bits per heavy atom. The molecule has 5 nitrogen and oxygen atoms in total. The van der Waals surface area contributed by atoms with Crippen LogP contribution in [0.15, 0.2) is 30.3 Å². The van der Waals surface area contributed by atoms with Crippen molar-refractivity contribution in [3.8, 4) is 5.88 Å². The molecule has 6 heteroatoms. The Hall–Kier alpha value is -1.82. The van der Waals surface area contributed by atoms with Crippen LogP contribution in [-0.2, 0) is 0 Å². The first kappa shape index (κ1) is 15.1. The lowest BCUT2D eigenvalue weighted by Gasteiger charge is -2.36. The van der Waals surface area contributed by atoms with Crippen molar-refractivity contribution < 1.29 is 4.74 Å². The molecule has 0 N–H and O–H groups in total. The van der Waals surface area contributed by atoms with Crippen LogP contribution in [0.5, 0.6) is 5.88 Å². The van der Waals surface area contributed by atoms with E-state index >= 15 is 0 Å². The second-order valence-corrected chi connectivity index (χ2v) is 6.07. The average Bonchev–Trinajstić information content (AvgIpc) is 3.04. The minimum absolute atomic E-state index is 0.174. The van der Waals surface area contributed by atoms with Gasteiger partial charge in [-0.25, -0.2) is 0 Å². The molecule has 1 aromatic carbocycles. The number of hydrogen-bond acceptors (Lipinski definition) is 6. The molecule has 2 heterocycles. The molecule has 1 unspecified atom stereocenters. The smallest absolute Gasteiger partial charge is 0.271 e. The number of ether oxygens (including phenoxy) is 1. The normalized spacial score (nSPS) is 16.6. The molecule has 0 radical (unpaired) electrons. The maximum Gasteiger partial charge on any atom is 0.271 e. The van der Waals surface area contributed by atoms with E-state index in [9.17, 15) is 0 Å². The van der Waals surface area contributed by atoms with Crippen LogP contribution in [-0.4, -0.2) is 41.0 Å². The van der Waals surface area contributed by atoms with Gasteiger partial charge in [-0.05, 0) is 25.5 Å². The van der Waals surface area contributed by atoms with Crippen molar-refractivity contribution in [1.29, 1.82) is 0 Å². The fraction of sp³-hybridized carbons (Fsp3) is 0.500. The molecule has 2 aromatic rings. The van der Waals surface area contributed by atoms with Crippen molar-refractivity contribution in [3.63, 3.8) is 0 Å². The third-order valence-corrected chi connectivity index (χ3v) is 4.53. The number of para-hydroxylation sites is 1. The van der Waals surface area contributed by atoms with E-state index in [0.29, 0.717) is 5.88 Å². The molecule has 1 aliphatic heterocycles. The van der Waals surface area contributed by atoms with Gasteiger partial charge in [0.2, 0.25) is 5.82 Å². The Bertz CT molecular complexity index is 581. The van der Waals surface area contributed by atoms with Crippen molar-refractivity contribution in [2.24, 2.45) is 0 Å². The quantitative estimate of drug-likeness (QED) is 0.847. The van der Waals surface area contributed by atoms with E-state index in [-0.39, 0.29) is 6.10 Å². The second kappa shape index (κ2) is 6.96. The molecule has 0 saturated carbocycles. The summed E-state index contributed by atoms with van der Waals surface area (Å²) in [4.78, 5) is 4.69. The molecule has 0 aliphatic carbocycles. The number of anilines is 2. The zero-order valence-electron chi connectivity index (χ0n) is 13.1. The number of nitrogens with zero attached hydrogens (tertiary/aromatic N) is 4. The van der Waals surface area contributed by atoms with Gasteiger partial charge in [0.1, 0.15) is 0 Å². The van der Waals surface area contributed by atoms with E-state index in [4.69, 9.17) is 4.74 Å². The molecule has 1 fully saturated rings. The summed E-state index contributed by atoms with van der Waals surface area (Å²) in [6, 6.07) is 10.6. The van der Waals surface area contributed by atoms with Gasteiger partial charge in [-0.3, -0.25) is 0 Å². The Kier molecular flexibility index (Phi) is 4.77. The summed E-state index contributed by atoms with van der Waals surface area (Å²) in [7, 11) is 0. The van der Waals surface area contributed by atoms with Gasteiger partial charge < -0.3 is 14.5 Å². The van der Waals surface area contributed by atoms with Gasteiger partial charge >= 0.3 is 0 Å². The molecular weight excluding hydrogens is 296 g/mol. The van der Waals surface area contributed by atoms with Crippen molar-refractivity contribution in [2.45, 2.75) is 26.4 Å². The fourth-order valence-electron chi connectivity index (χ4n) is 2.53. The van der Waals surface area contributed by atoms with Crippen LogP contribution < -0.4 is 14.5 Å². The highest BCUT2D eigenvalue weighted by atomic mass is 32.1. The Labute approximate surface area is 135 Å². The predicted molar refractivity (Wildman–Crippen MR) is 91.2 cm³/mol. The Morgan fingerprint density at radius 3 is 2.45 bits per heavy atom. The summed E-state index contributed by atoms with van der Waals surface area (Å²) in [5, 5.41) is 0. The standard InChI is InChI=1S/C16H22N4OS/c1-3-13(2)21-16-15(17-22-18-16)20-11-9-19(10-12-20)14-7-5-4-6-8-14/h4-8,13H,3,9-12H2,1-2H3. The van der Waals surface area contributed by atoms with Crippen molar-refractivity contribution in [2.75, 3.05) is 36.0 Å². The number of rotatable bonds is 5. The zero-order valence-corrected chi connectivity index (χ0v) is 13.9. The molecular formula is C16H22N4OS. The van der Waals surface area contributed by atoms with Crippen LogP contribution in [0.25, 0.3) is 0 Å². The van der Waals surface area contributed by atoms with Crippen LogP contribution in [0.1, 0.15) is 20.3 Å². The summed E-state index contributed by atoms with van der Waals surface area (Å²) in [5.74, 6) is 1.59. The third kappa shape index (κ3) is 3.32. The predicted octanol–water partition coefficient (Wildman–Crippen LogP) is 3.04. The topological polar surface area (TPSA) is 41.5 Å². The Balaban J connectivity index is 1.63. The summed E-state index contributed by atoms with van der Waals surface area (Å²) < 4.78 is 14.6. The lowest BCUT2D eigenvalue weighted by atomic mass is 10.2. The van der Waals surface area contributed by atoms with Crippen LogP contribution in [0.3, 0.4) is 0 Å². The molecule has 22 heavy (non-hydrogen) atoms. The van der Waals surface area contributed by atoms with Crippen molar-refractivity contribution >= 4 is 23.2 Å². The van der Waals surface area contributed by atoms with E-state index in [0.717, 1.165) is 38.4 Å². The minimum atomic E-state index is 0.174. The zero-order chi connectivity index (χ0) is 15.4. The van der Waals surface area contributed by atoms with Crippen LogP contribution >= 0.6 is 11.7 Å². The van der Waals surface area contributed by atoms with E-state index in [1.165, 1.54) is 17.4 Å². The molecule has 0 spiro atoms. The lowest BCUT2D eigenvalue weighted by Crippen LogP contribution is -2.46. The fourth-order valence-corrected chi connectivity index (χ4v) is 3.04. The van der Waals surface area contributed by atoms with Crippen LogP contribution in [0, 0.1) is 0 Å². The molecule has 1 saturated heterocycles. The maximum absolute atomic E-state index is 5.88. The number of aromatic nitrogens is 2. The van der Waals surface area contributed by atoms with E-state index in [1.54, 1.807) is 0 Å². The lowest BCUT2D eigenvalue weighted by molar-refractivity contribution is 0.211. The van der Waals surface area contributed by atoms with Crippen molar-refractivity contribution in [1.82, 2.24) is 8.75 Å². The first-order valence-corrected chi connectivity index (χ1v) is 8.55. The van der Waals surface area contributed by atoms with Gasteiger partial charge in [0.25, 0.3) is 5.88 Å². The number of benzene rings is 1. The van der Waals surface area contributed by atoms with Gasteiger partial charge in [-0.1, -0.05) is 25.1 Å². The van der Waals surface area contributed by atoms with Gasteiger partial charge in [-0.15, -0.1) is 4.37 Å². The van der Waals surface area contributed by atoms with Gasteiger partial charge in [0.15, 0.2) is 0 Å². The maximum atomic E-state index is 5.88. The highest BCUT2D eigenvalue weighted by Gasteiger charge is 2.23. The molecule has 118 valence electrons. The van der Waals surface area contributed by atoms with E-state index < -0.39 is 0 Å². The van der Waals surface area contributed by atoms with Gasteiger partial charge in [-0.2, -0.15) is 4.37 Å². The molecule has 1 aliphatic rings. The summed E-state index contributed by atoms with van der Waals surface area (Å²) in [6.07, 6.45) is 1.15. The van der Waals surface area contributed by atoms with Crippen LogP contribution in [0.2, 0.25) is 0 Å². The highest BCUT2D eigenvalue weighted by molar-refractivity contribution is 6.99. The number of hydrogen-bond donors (Lipinski definition) is 0. The van der Waals surface area contributed by atoms with Gasteiger partial charge in [0.05, 0.1) is 17.8 Å². The monoisotopic (exact) mass is 318 g/mol. The van der Waals surface area contributed by atoms with E-state index in [1.807, 2.05) is 0 Å². The van der Waals surface area contributed by atoms with Gasteiger partial charge in [0, 0.05) is 31.9 Å². The molecule has 1 aromatic heterocycles. The first-order valence-electron chi connectivity index (χ1n) is 7.82. The summed E-state index contributed by atoms with van der Waals surface area (Å²) in [6.45, 7) is 8.04. The second-order valence-electron chi connectivity index (χ2n) is 5.54. The Morgan fingerprint density at radius 2 is 1.77 bits per heavy atom. The molecule has 0 amide bonds. The molecule has 1 atom stereocenters. The largest absolute Gasteiger partial charge is 0.471 e. The SMILES string of the molecule is CCC(C)Oc1nsnc1N1CCN(c2ccccc2)CC1. The first-order chi connectivity index (χ1) is 10.8. The van der Waals surface area contributed by atoms with Crippen LogP contribution in [0.4, 0.5) is 11.5 Å². The molecule has 0 bridgehead atoms. The summed E-state index contributed by atoms with van der Waals surface area (Å²) >= 11 is 1.23. The summed E-state index contributed by atoms with van der Waals surface area (Å²) in [5.41, 5.74) is 1.29. The third-order valence-electron chi connectivity index (χ3n) is 4.03. The average molecular weight is 318 g/mol. The minimum Gasteiger partial charge on any atom is -0.471 e. The number of piperazine rings is 1. The highest BCUT2D eigenvalue weighted by Crippen LogP contribution is 2.28. The van der Waals surface area contributed by atoms with E-state index in [2.05, 4.69) is 62.7 Å². The van der Waals surface area contributed by atoms with Crippen molar-refractivity contribution in [3.05, 3.63) is 30.3 Å². The molecule has 3 rings (SSSR count).